The number of rotatable bonds is 1. The number of hydrogen-bond donors (Lipinski definition) is 1. The molecule has 0 fully saturated rings. The number of aromatic nitrogens is 2. The van der Waals surface area contributed by atoms with Gasteiger partial charge >= 0.3 is 6.16 Å². The highest BCUT2D eigenvalue weighted by Gasteiger charge is 2.06. The van der Waals surface area contributed by atoms with Crippen molar-refractivity contribution in [3.05, 3.63) is 23.5 Å². The van der Waals surface area contributed by atoms with Crippen molar-refractivity contribution in [3.8, 4) is 5.75 Å². The largest absolute Gasteiger partial charge is 0.513 e. The minimum atomic E-state index is -0.768. The summed E-state index contributed by atoms with van der Waals surface area (Å²) in [5.74, 6) is 0.359. The molecule has 0 aliphatic carbocycles. The van der Waals surface area contributed by atoms with Crippen molar-refractivity contribution in [1.82, 2.24) is 9.97 Å². The number of fused-ring (bicyclic) bond motifs is 1. The molecule has 1 heterocycles. The number of aromatic amines is 1. The van der Waals surface area contributed by atoms with Crippen LogP contribution in [0.2, 0.25) is 5.28 Å². The molecule has 1 N–H and O–H groups in total. The van der Waals surface area contributed by atoms with E-state index in [1.165, 1.54) is 7.11 Å². The fraction of sp³-hybridized carbons (Fsp3) is 0.111. The molecule has 0 radical (unpaired) electrons. The number of carbonyl (C=O) groups excluding carboxylic acids is 1. The molecule has 0 aliphatic heterocycles. The predicted molar refractivity (Wildman–Crippen MR) is 54.1 cm³/mol. The number of carbonyl (C=O) groups is 1. The smallest absolute Gasteiger partial charge is 0.437 e. The van der Waals surface area contributed by atoms with Crippen molar-refractivity contribution in [3.63, 3.8) is 0 Å². The monoisotopic (exact) mass is 226 g/mol. The zero-order valence-corrected chi connectivity index (χ0v) is 8.54. The van der Waals surface area contributed by atoms with Gasteiger partial charge in [-0.25, -0.2) is 9.78 Å². The molecule has 78 valence electrons. The summed E-state index contributed by atoms with van der Waals surface area (Å²) in [7, 11) is 1.24. The normalized spacial score (nSPS) is 10.3. The van der Waals surface area contributed by atoms with Crippen LogP contribution in [0.4, 0.5) is 4.79 Å². The number of halogens is 1. The molecule has 5 nitrogen and oxygen atoms in total. The summed E-state index contributed by atoms with van der Waals surface area (Å²) in [6, 6.07) is 4.93. The van der Waals surface area contributed by atoms with E-state index in [0.29, 0.717) is 16.5 Å². The Kier molecular flexibility index (Phi) is 2.47. The molecule has 0 aliphatic rings. The average Bonchev–Trinajstić information content (AvgIpc) is 2.57. The summed E-state index contributed by atoms with van der Waals surface area (Å²) in [5, 5.41) is 0.292. The molecule has 2 rings (SSSR count). The lowest BCUT2D eigenvalue weighted by atomic mass is 10.3. The van der Waals surface area contributed by atoms with E-state index >= 15 is 0 Å². The Morgan fingerprint density at radius 2 is 2.33 bits per heavy atom. The number of ether oxygens (including phenoxy) is 2. The van der Waals surface area contributed by atoms with E-state index in [2.05, 4.69) is 14.7 Å². The van der Waals surface area contributed by atoms with Gasteiger partial charge in [-0.1, -0.05) is 0 Å². The van der Waals surface area contributed by atoms with Crippen LogP contribution in [0.15, 0.2) is 18.2 Å². The van der Waals surface area contributed by atoms with E-state index in [1.54, 1.807) is 18.2 Å². The molecule has 0 spiro atoms. The van der Waals surface area contributed by atoms with Gasteiger partial charge in [0.15, 0.2) is 0 Å². The number of nitrogens with one attached hydrogen (secondary N) is 1. The fourth-order valence-electron chi connectivity index (χ4n) is 1.16. The van der Waals surface area contributed by atoms with Crippen molar-refractivity contribution >= 4 is 28.8 Å². The van der Waals surface area contributed by atoms with Crippen molar-refractivity contribution in [1.29, 1.82) is 0 Å². The fourth-order valence-corrected chi connectivity index (χ4v) is 1.35. The third-order valence-corrected chi connectivity index (χ3v) is 1.97. The first kappa shape index (κ1) is 9.79. The van der Waals surface area contributed by atoms with Crippen molar-refractivity contribution < 1.29 is 14.3 Å². The Balaban J connectivity index is 2.33. The number of nitrogens with zero attached hydrogens (tertiary/aromatic N) is 1. The van der Waals surface area contributed by atoms with Gasteiger partial charge in [-0.2, -0.15) is 0 Å². The Morgan fingerprint density at radius 1 is 1.53 bits per heavy atom. The van der Waals surface area contributed by atoms with Gasteiger partial charge in [-0.15, -0.1) is 0 Å². The number of imidazole rings is 1. The van der Waals surface area contributed by atoms with Crippen LogP contribution in [0.5, 0.6) is 5.75 Å². The SMILES string of the molecule is COC(=O)Oc1ccc2[nH]c(Cl)nc2c1. The van der Waals surface area contributed by atoms with Gasteiger partial charge < -0.3 is 14.5 Å². The Bertz CT molecular complexity index is 509. The lowest BCUT2D eigenvalue weighted by molar-refractivity contribution is 0.121. The number of H-pyrrole nitrogens is 1. The van der Waals surface area contributed by atoms with Gasteiger partial charge in [0.2, 0.25) is 5.28 Å². The highest BCUT2D eigenvalue weighted by Crippen LogP contribution is 2.20. The summed E-state index contributed by atoms with van der Waals surface area (Å²) < 4.78 is 9.18. The van der Waals surface area contributed by atoms with E-state index in [4.69, 9.17) is 16.3 Å². The van der Waals surface area contributed by atoms with E-state index in [9.17, 15) is 4.79 Å². The van der Waals surface area contributed by atoms with Crippen LogP contribution in [0.1, 0.15) is 0 Å². The van der Waals surface area contributed by atoms with Crippen molar-refractivity contribution in [2.45, 2.75) is 0 Å². The van der Waals surface area contributed by atoms with Crippen molar-refractivity contribution in [2.75, 3.05) is 7.11 Å². The molecule has 1 aromatic heterocycles. The molecule has 15 heavy (non-hydrogen) atoms. The lowest BCUT2D eigenvalue weighted by Gasteiger charge is -2.01. The summed E-state index contributed by atoms with van der Waals surface area (Å²) in [4.78, 5) is 17.6. The first-order valence-corrected chi connectivity index (χ1v) is 4.48. The zero-order valence-electron chi connectivity index (χ0n) is 7.78. The van der Waals surface area contributed by atoms with Gasteiger partial charge in [0.05, 0.1) is 18.1 Å². The topological polar surface area (TPSA) is 64.2 Å². The van der Waals surface area contributed by atoms with Crippen LogP contribution in [0.25, 0.3) is 11.0 Å². The molecule has 0 saturated carbocycles. The molecule has 0 bridgehead atoms. The molecular weight excluding hydrogens is 220 g/mol. The highest BCUT2D eigenvalue weighted by atomic mass is 35.5. The Labute approximate surface area is 90.0 Å². The highest BCUT2D eigenvalue weighted by molar-refractivity contribution is 6.29. The standard InChI is InChI=1S/C9H7ClN2O3/c1-14-9(13)15-5-2-3-6-7(4-5)12-8(10)11-6/h2-4H,1H3,(H,11,12). The van der Waals surface area contributed by atoms with E-state index in [0.717, 1.165) is 5.52 Å². The van der Waals surface area contributed by atoms with Crippen LogP contribution in [0.3, 0.4) is 0 Å². The van der Waals surface area contributed by atoms with Gasteiger partial charge in [0.1, 0.15) is 5.75 Å². The zero-order chi connectivity index (χ0) is 10.8. The minimum absolute atomic E-state index is 0.292. The third-order valence-electron chi connectivity index (χ3n) is 1.79. The molecular formula is C9H7ClN2O3. The van der Waals surface area contributed by atoms with E-state index in [-0.39, 0.29) is 0 Å². The third kappa shape index (κ3) is 2.02. The first-order valence-electron chi connectivity index (χ1n) is 4.10. The Hall–Kier alpha value is -1.75. The first-order chi connectivity index (χ1) is 7.19. The molecule has 0 unspecified atom stereocenters. The van der Waals surface area contributed by atoms with Gasteiger partial charge in [0, 0.05) is 6.07 Å². The summed E-state index contributed by atoms with van der Waals surface area (Å²) in [6.45, 7) is 0. The van der Waals surface area contributed by atoms with Gasteiger partial charge in [-0.3, -0.25) is 0 Å². The van der Waals surface area contributed by atoms with Crippen molar-refractivity contribution in [2.24, 2.45) is 0 Å². The van der Waals surface area contributed by atoms with Crippen LogP contribution >= 0.6 is 11.6 Å². The molecule has 0 atom stereocenters. The maximum Gasteiger partial charge on any atom is 0.513 e. The second kappa shape index (κ2) is 3.78. The van der Waals surface area contributed by atoms with Crippen LogP contribution < -0.4 is 4.74 Å². The van der Waals surface area contributed by atoms with Crippen LogP contribution in [-0.2, 0) is 4.74 Å². The maximum absolute atomic E-state index is 10.8. The van der Waals surface area contributed by atoms with Gasteiger partial charge in [0.25, 0.3) is 0 Å². The van der Waals surface area contributed by atoms with Crippen LogP contribution in [0, 0.1) is 0 Å². The van der Waals surface area contributed by atoms with Crippen LogP contribution in [-0.4, -0.2) is 23.2 Å². The molecule has 1 aromatic carbocycles. The predicted octanol–water partition coefficient (Wildman–Crippen LogP) is 2.36. The lowest BCUT2D eigenvalue weighted by Crippen LogP contribution is -2.06. The second-order valence-corrected chi connectivity index (χ2v) is 3.12. The molecule has 2 aromatic rings. The Morgan fingerprint density at radius 3 is 3.07 bits per heavy atom. The summed E-state index contributed by atoms with van der Waals surface area (Å²) in [5.41, 5.74) is 1.40. The minimum Gasteiger partial charge on any atom is -0.437 e. The molecule has 6 heteroatoms. The molecule has 0 amide bonds. The van der Waals surface area contributed by atoms with Gasteiger partial charge in [-0.05, 0) is 23.7 Å². The quantitative estimate of drug-likeness (QED) is 0.599. The second-order valence-electron chi connectivity index (χ2n) is 2.76. The number of benzene rings is 1. The summed E-state index contributed by atoms with van der Waals surface area (Å²) >= 11 is 5.67. The summed E-state index contributed by atoms with van der Waals surface area (Å²) in [6.07, 6.45) is -0.768. The number of hydrogen-bond acceptors (Lipinski definition) is 4. The van der Waals surface area contributed by atoms with E-state index in [1.807, 2.05) is 0 Å². The van der Waals surface area contributed by atoms with E-state index < -0.39 is 6.16 Å². The maximum atomic E-state index is 10.8. The average molecular weight is 227 g/mol. The molecule has 0 saturated heterocycles. The number of methoxy groups -OCH3 is 1.